The second kappa shape index (κ2) is 9.52. The van der Waals surface area contributed by atoms with Crippen molar-refractivity contribution in [2.75, 3.05) is 32.7 Å². The van der Waals surface area contributed by atoms with Crippen molar-refractivity contribution in [1.82, 2.24) is 14.5 Å². The maximum atomic E-state index is 12.9. The fraction of sp³-hybridized carbons (Fsp3) is 0.600. The van der Waals surface area contributed by atoms with Crippen molar-refractivity contribution in [2.45, 2.75) is 45.4 Å². The summed E-state index contributed by atoms with van der Waals surface area (Å²) >= 11 is 0. The minimum atomic E-state index is -3.58. The molecule has 1 aromatic carbocycles. The van der Waals surface area contributed by atoms with Crippen molar-refractivity contribution in [3.8, 4) is 0 Å². The van der Waals surface area contributed by atoms with Crippen molar-refractivity contribution in [3.05, 3.63) is 29.3 Å². The Kier molecular flexibility index (Phi) is 7.60. The lowest BCUT2D eigenvalue weighted by molar-refractivity contribution is -0.133. The zero-order valence-corrected chi connectivity index (χ0v) is 18.0. The lowest BCUT2D eigenvalue weighted by Crippen LogP contribution is -2.52. The van der Waals surface area contributed by atoms with Crippen molar-refractivity contribution in [2.24, 2.45) is 5.92 Å². The Bertz CT molecular complexity index is 813. The topological polar surface area (TPSA) is 86.8 Å². The zero-order chi connectivity index (χ0) is 20.9. The number of carbonyl (C=O) groups excluding carboxylic acids is 2. The summed E-state index contributed by atoms with van der Waals surface area (Å²) in [6, 6.07) is 5.39. The summed E-state index contributed by atoms with van der Waals surface area (Å²) in [5.41, 5.74) is 1.61. The first-order valence-electron chi connectivity index (χ1n) is 9.73. The summed E-state index contributed by atoms with van der Waals surface area (Å²) in [7, 11) is -3.58. The Morgan fingerprint density at radius 2 is 1.75 bits per heavy atom. The molecule has 1 N–H and O–H groups in total. The third-order valence-corrected chi connectivity index (χ3v) is 6.98. The molecule has 0 spiro atoms. The molecule has 1 aromatic rings. The van der Waals surface area contributed by atoms with Gasteiger partial charge in [-0.05, 0) is 43.4 Å². The third-order valence-electron chi connectivity index (χ3n) is 4.94. The van der Waals surface area contributed by atoms with Gasteiger partial charge in [0.15, 0.2) is 0 Å². The third kappa shape index (κ3) is 5.78. The summed E-state index contributed by atoms with van der Waals surface area (Å²) in [6.07, 6.45) is 1.20. The molecule has 1 aliphatic rings. The first-order chi connectivity index (χ1) is 13.1. The van der Waals surface area contributed by atoms with Gasteiger partial charge in [0.1, 0.15) is 0 Å². The van der Waals surface area contributed by atoms with Crippen LogP contribution in [0.15, 0.2) is 23.1 Å². The Balaban J connectivity index is 1.89. The molecule has 1 aliphatic heterocycles. The number of amides is 2. The second-order valence-electron chi connectivity index (χ2n) is 7.76. The molecule has 0 aromatic heterocycles. The highest BCUT2D eigenvalue weighted by Crippen LogP contribution is 2.22. The average Bonchev–Trinajstić information content (AvgIpc) is 2.66. The first kappa shape index (κ1) is 22.4. The van der Waals surface area contributed by atoms with Crippen molar-refractivity contribution >= 4 is 21.8 Å². The van der Waals surface area contributed by atoms with Crippen LogP contribution in [0.4, 0.5) is 0 Å². The highest BCUT2D eigenvalue weighted by molar-refractivity contribution is 7.89. The van der Waals surface area contributed by atoms with Gasteiger partial charge in [-0.25, -0.2) is 8.42 Å². The maximum absolute atomic E-state index is 12.9. The fourth-order valence-corrected chi connectivity index (χ4v) is 4.83. The predicted octanol–water partition coefficient (Wildman–Crippen LogP) is 1.69. The summed E-state index contributed by atoms with van der Waals surface area (Å²) in [5, 5.41) is 2.65. The minimum absolute atomic E-state index is 0.0410. The Morgan fingerprint density at radius 1 is 1.11 bits per heavy atom. The molecule has 1 saturated heterocycles. The number of carbonyl (C=O) groups is 2. The average molecular weight is 410 g/mol. The number of hydrogen-bond acceptors (Lipinski definition) is 4. The molecule has 28 heavy (non-hydrogen) atoms. The number of piperazine rings is 1. The SMILES string of the molecule is Cc1ccc(C)c(S(=O)(=O)N2CCN(C(=O)CNC(=O)CCC(C)C)CC2)c1. The highest BCUT2D eigenvalue weighted by Gasteiger charge is 2.31. The summed E-state index contributed by atoms with van der Waals surface area (Å²) in [5.74, 6) is 0.133. The normalized spacial score (nSPS) is 15.7. The fourth-order valence-electron chi connectivity index (χ4n) is 3.10. The molecule has 0 radical (unpaired) electrons. The molecule has 0 unspecified atom stereocenters. The summed E-state index contributed by atoms with van der Waals surface area (Å²) in [6.45, 7) is 8.86. The number of benzene rings is 1. The van der Waals surface area contributed by atoms with Crippen LogP contribution in [0.25, 0.3) is 0 Å². The molecule has 156 valence electrons. The van der Waals surface area contributed by atoms with Gasteiger partial charge in [-0.15, -0.1) is 0 Å². The Morgan fingerprint density at radius 3 is 2.36 bits per heavy atom. The van der Waals surface area contributed by atoms with Gasteiger partial charge in [0.05, 0.1) is 11.4 Å². The number of rotatable bonds is 7. The molecule has 0 saturated carbocycles. The van der Waals surface area contributed by atoms with Crippen LogP contribution in [0.5, 0.6) is 0 Å². The monoisotopic (exact) mass is 409 g/mol. The van der Waals surface area contributed by atoms with E-state index in [0.29, 0.717) is 35.9 Å². The first-order valence-corrected chi connectivity index (χ1v) is 11.2. The van der Waals surface area contributed by atoms with E-state index in [9.17, 15) is 18.0 Å². The molecule has 2 amide bonds. The van der Waals surface area contributed by atoms with Gasteiger partial charge in [-0.3, -0.25) is 9.59 Å². The Hall–Kier alpha value is -1.93. The van der Waals surface area contributed by atoms with E-state index >= 15 is 0 Å². The zero-order valence-electron chi connectivity index (χ0n) is 17.2. The van der Waals surface area contributed by atoms with E-state index in [0.717, 1.165) is 12.0 Å². The van der Waals surface area contributed by atoms with Gasteiger partial charge < -0.3 is 10.2 Å². The quantitative estimate of drug-likeness (QED) is 0.742. The molecular formula is C20H31N3O4S. The number of hydrogen-bond donors (Lipinski definition) is 1. The number of nitrogens with zero attached hydrogens (tertiary/aromatic N) is 2. The van der Waals surface area contributed by atoms with Crippen molar-refractivity contribution < 1.29 is 18.0 Å². The van der Waals surface area contributed by atoms with Crippen LogP contribution >= 0.6 is 0 Å². The predicted molar refractivity (Wildman–Crippen MR) is 108 cm³/mol. The van der Waals surface area contributed by atoms with Gasteiger partial charge in [0, 0.05) is 32.6 Å². The number of nitrogens with one attached hydrogen (secondary N) is 1. The molecule has 2 rings (SSSR count). The summed E-state index contributed by atoms with van der Waals surface area (Å²) < 4.78 is 27.3. The lowest BCUT2D eigenvalue weighted by atomic mass is 10.1. The lowest BCUT2D eigenvalue weighted by Gasteiger charge is -2.34. The van der Waals surface area contributed by atoms with E-state index in [-0.39, 0.29) is 31.4 Å². The molecule has 0 bridgehead atoms. The molecular weight excluding hydrogens is 378 g/mol. The van der Waals surface area contributed by atoms with Crippen LogP contribution in [-0.2, 0) is 19.6 Å². The van der Waals surface area contributed by atoms with Crippen LogP contribution in [0.1, 0.15) is 37.8 Å². The molecule has 8 heteroatoms. The molecule has 1 heterocycles. The van der Waals surface area contributed by atoms with Gasteiger partial charge in [-0.1, -0.05) is 26.0 Å². The van der Waals surface area contributed by atoms with Crippen molar-refractivity contribution in [3.63, 3.8) is 0 Å². The van der Waals surface area contributed by atoms with Crippen LogP contribution in [0.3, 0.4) is 0 Å². The number of sulfonamides is 1. The minimum Gasteiger partial charge on any atom is -0.347 e. The standard InChI is InChI=1S/C20H31N3O4S/c1-15(2)5-8-19(24)21-14-20(25)22-9-11-23(12-10-22)28(26,27)18-13-16(3)6-7-17(18)4/h6-7,13,15H,5,8-12,14H2,1-4H3,(H,21,24). The van der Waals surface area contributed by atoms with Gasteiger partial charge in [0.2, 0.25) is 21.8 Å². The van der Waals surface area contributed by atoms with Gasteiger partial charge in [0.25, 0.3) is 0 Å². The van der Waals surface area contributed by atoms with Crippen LogP contribution in [0.2, 0.25) is 0 Å². The van der Waals surface area contributed by atoms with Gasteiger partial charge >= 0.3 is 0 Å². The highest BCUT2D eigenvalue weighted by atomic mass is 32.2. The molecule has 1 fully saturated rings. The molecule has 0 atom stereocenters. The van der Waals surface area contributed by atoms with E-state index < -0.39 is 10.0 Å². The van der Waals surface area contributed by atoms with Crippen LogP contribution in [0, 0.1) is 19.8 Å². The van der Waals surface area contributed by atoms with Crippen molar-refractivity contribution in [1.29, 1.82) is 0 Å². The largest absolute Gasteiger partial charge is 0.347 e. The second-order valence-corrected chi connectivity index (χ2v) is 9.67. The Labute approximate surface area is 168 Å². The smallest absolute Gasteiger partial charge is 0.243 e. The van der Waals surface area contributed by atoms with E-state index in [1.54, 1.807) is 17.9 Å². The van der Waals surface area contributed by atoms with Crippen LogP contribution < -0.4 is 5.32 Å². The number of aryl methyl sites for hydroxylation is 2. The van der Waals surface area contributed by atoms with Crippen LogP contribution in [-0.4, -0.2) is 62.2 Å². The van der Waals surface area contributed by atoms with E-state index in [1.165, 1.54) is 4.31 Å². The van der Waals surface area contributed by atoms with E-state index in [4.69, 9.17) is 0 Å². The molecule has 7 nitrogen and oxygen atoms in total. The van der Waals surface area contributed by atoms with Gasteiger partial charge in [-0.2, -0.15) is 4.31 Å². The molecule has 0 aliphatic carbocycles. The van der Waals surface area contributed by atoms with E-state index in [2.05, 4.69) is 5.32 Å². The van der Waals surface area contributed by atoms with E-state index in [1.807, 2.05) is 32.9 Å². The summed E-state index contributed by atoms with van der Waals surface area (Å²) in [4.78, 5) is 26.0. The maximum Gasteiger partial charge on any atom is 0.243 e.